The monoisotopic (exact) mass is 256 g/mol. The minimum Gasteiger partial charge on any atom is -0.493 e. The zero-order valence-electron chi connectivity index (χ0n) is 7.77. The molecule has 0 saturated heterocycles. The Morgan fingerprint density at radius 3 is 2.53 bits per heavy atom. The first-order chi connectivity index (χ1) is 7.08. The molecule has 0 aromatic heterocycles. The van der Waals surface area contributed by atoms with Gasteiger partial charge in [-0.25, -0.2) is 0 Å². The second-order valence-electron chi connectivity index (χ2n) is 2.61. The number of hydrogen-bond donors (Lipinski definition) is 0. The zero-order chi connectivity index (χ0) is 11.4. The zero-order valence-corrected chi connectivity index (χ0v) is 9.28. The lowest BCUT2D eigenvalue weighted by Crippen LogP contribution is -2.05. The molecule has 0 fully saturated rings. The molecule has 0 unspecified atom stereocenters. The van der Waals surface area contributed by atoms with Gasteiger partial charge in [-0.05, 0) is 6.07 Å². The van der Waals surface area contributed by atoms with Gasteiger partial charge < -0.3 is 9.47 Å². The number of ether oxygens (including phenoxy) is 2. The van der Waals surface area contributed by atoms with Crippen molar-refractivity contribution in [3.05, 3.63) is 22.7 Å². The van der Waals surface area contributed by atoms with Gasteiger partial charge in [0.2, 0.25) is 0 Å². The molecule has 84 valence electrons. The van der Waals surface area contributed by atoms with E-state index in [1.54, 1.807) is 0 Å². The summed E-state index contributed by atoms with van der Waals surface area (Å²) in [6.45, 7) is -2.93. The first kappa shape index (κ1) is 12.3. The average Bonchev–Trinajstić information content (AvgIpc) is 2.19. The Morgan fingerprint density at radius 1 is 1.40 bits per heavy atom. The van der Waals surface area contributed by atoms with E-state index in [1.165, 1.54) is 19.2 Å². The van der Waals surface area contributed by atoms with Crippen LogP contribution in [0.25, 0.3) is 0 Å². The van der Waals surface area contributed by atoms with Crippen molar-refractivity contribution >= 4 is 23.2 Å². The summed E-state index contributed by atoms with van der Waals surface area (Å²) in [5, 5.41) is 0.351. The maximum Gasteiger partial charge on any atom is 0.387 e. The smallest absolute Gasteiger partial charge is 0.387 e. The molecule has 0 heterocycles. The number of halogens is 4. The first-order valence-corrected chi connectivity index (χ1v) is 4.87. The summed E-state index contributed by atoms with van der Waals surface area (Å²) < 4.78 is 33.4. The predicted molar refractivity (Wildman–Crippen MR) is 54.2 cm³/mol. The standard InChI is InChI=1S/C9H8Cl2F2O2/c1-14-7-3-6(11)2-5(4-10)8(7)15-9(12)13/h2-3,9H,4H2,1H3. The summed E-state index contributed by atoms with van der Waals surface area (Å²) in [6, 6.07) is 2.84. The summed E-state index contributed by atoms with van der Waals surface area (Å²) in [7, 11) is 1.34. The molecule has 1 aromatic rings. The Hall–Kier alpha value is -0.740. The quantitative estimate of drug-likeness (QED) is 0.766. The van der Waals surface area contributed by atoms with E-state index in [0.29, 0.717) is 10.6 Å². The minimum atomic E-state index is -2.93. The van der Waals surface area contributed by atoms with Gasteiger partial charge in [-0.1, -0.05) is 11.6 Å². The molecule has 0 N–H and O–H groups in total. The highest BCUT2D eigenvalue weighted by atomic mass is 35.5. The van der Waals surface area contributed by atoms with Crippen molar-refractivity contribution in [3.8, 4) is 11.5 Å². The summed E-state index contributed by atoms with van der Waals surface area (Å²) in [5.74, 6) is 0.0734. The van der Waals surface area contributed by atoms with Gasteiger partial charge in [-0.15, -0.1) is 11.6 Å². The Bertz CT molecular complexity index is 320. The highest BCUT2D eigenvalue weighted by Gasteiger charge is 2.16. The van der Waals surface area contributed by atoms with Crippen molar-refractivity contribution in [2.75, 3.05) is 7.11 Å². The highest BCUT2D eigenvalue weighted by Crippen LogP contribution is 2.36. The van der Waals surface area contributed by atoms with E-state index in [-0.39, 0.29) is 17.4 Å². The van der Waals surface area contributed by atoms with Crippen LogP contribution in [0.4, 0.5) is 8.78 Å². The lowest BCUT2D eigenvalue weighted by molar-refractivity contribution is -0.0517. The fourth-order valence-corrected chi connectivity index (χ4v) is 1.53. The van der Waals surface area contributed by atoms with Crippen molar-refractivity contribution in [1.82, 2.24) is 0 Å². The Kier molecular flexibility index (Phi) is 4.42. The van der Waals surface area contributed by atoms with E-state index >= 15 is 0 Å². The SMILES string of the molecule is COc1cc(Cl)cc(CCl)c1OC(F)F. The van der Waals surface area contributed by atoms with Crippen LogP contribution in [0, 0.1) is 0 Å². The van der Waals surface area contributed by atoms with E-state index in [0.717, 1.165) is 0 Å². The van der Waals surface area contributed by atoms with Gasteiger partial charge in [-0.2, -0.15) is 8.78 Å². The fraction of sp³-hybridized carbons (Fsp3) is 0.333. The molecule has 0 bridgehead atoms. The van der Waals surface area contributed by atoms with Crippen LogP contribution in [-0.2, 0) is 5.88 Å². The molecular formula is C9H8Cl2F2O2. The highest BCUT2D eigenvalue weighted by molar-refractivity contribution is 6.31. The molecule has 1 rings (SSSR count). The van der Waals surface area contributed by atoms with Crippen LogP contribution < -0.4 is 9.47 Å². The van der Waals surface area contributed by atoms with Gasteiger partial charge in [-0.3, -0.25) is 0 Å². The minimum absolute atomic E-state index is 0.0129. The van der Waals surface area contributed by atoms with E-state index in [2.05, 4.69) is 4.74 Å². The van der Waals surface area contributed by atoms with E-state index in [4.69, 9.17) is 27.9 Å². The van der Waals surface area contributed by atoms with Gasteiger partial charge in [0, 0.05) is 16.7 Å². The van der Waals surface area contributed by atoms with Crippen LogP contribution in [0.3, 0.4) is 0 Å². The number of hydrogen-bond acceptors (Lipinski definition) is 2. The molecule has 0 radical (unpaired) electrons. The van der Waals surface area contributed by atoms with Crippen LogP contribution in [0.5, 0.6) is 11.5 Å². The van der Waals surface area contributed by atoms with Gasteiger partial charge in [0.05, 0.1) is 13.0 Å². The molecule has 0 spiro atoms. The predicted octanol–water partition coefficient (Wildman–Crippen LogP) is 3.69. The third-order valence-corrected chi connectivity index (χ3v) is 2.17. The van der Waals surface area contributed by atoms with Crippen LogP contribution in [0.1, 0.15) is 5.56 Å². The second-order valence-corrected chi connectivity index (χ2v) is 3.31. The summed E-state index contributed by atoms with van der Waals surface area (Å²) >= 11 is 11.3. The topological polar surface area (TPSA) is 18.5 Å². The van der Waals surface area contributed by atoms with Gasteiger partial charge in [0.1, 0.15) is 0 Å². The lowest BCUT2D eigenvalue weighted by atomic mass is 10.2. The molecule has 0 aliphatic heterocycles. The third-order valence-electron chi connectivity index (χ3n) is 1.67. The Balaban J connectivity index is 3.18. The van der Waals surface area contributed by atoms with Crippen molar-refractivity contribution < 1.29 is 18.3 Å². The molecule has 0 saturated carbocycles. The van der Waals surface area contributed by atoms with Gasteiger partial charge in [0.25, 0.3) is 0 Å². The van der Waals surface area contributed by atoms with Crippen LogP contribution >= 0.6 is 23.2 Å². The van der Waals surface area contributed by atoms with Crippen molar-refractivity contribution in [1.29, 1.82) is 0 Å². The molecule has 0 atom stereocenters. The van der Waals surface area contributed by atoms with E-state index < -0.39 is 6.61 Å². The Morgan fingerprint density at radius 2 is 2.07 bits per heavy atom. The van der Waals surface area contributed by atoms with E-state index in [1.807, 2.05) is 0 Å². The largest absolute Gasteiger partial charge is 0.493 e. The molecule has 0 aliphatic rings. The summed E-state index contributed by atoms with van der Waals surface area (Å²) in [4.78, 5) is 0. The molecule has 15 heavy (non-hydrogen) atoms. The Labute approximate surface area is 95.7 Å². The average molecular weight is 257 g/mol. The van der Waals surface area contributed by atoms with Crippen molar-refractivity contribution in [2.24, 2.45) is 0 Å². The maximum atomic E-state index is 12.1. The summed E-state index contributed by atoms with van der Waals surface area (Å²) in [5.41, 5.74) is 0.362. The number of methoxy groups -OCH3 is 1. The fourth-order valence-electron chi connectivity index (χ4n) is 1.10. The molecule has 1 aromatic carbocycles. The third kappa shape index (κ3) is 3.11. The number of alkyl halides is 3. The molecular weight excluding hydrogens is 249 g/mol. The summed E-state index contributed by atoms with van der Waals surface area (Å²) in [6.07, 6.45) is 0. The first-order valence-electron chi connectivity index (χ1n) is 3.95. The number of rotatable bonds is 4. The number of benzene rings is 1. The molecule has 0 amide bonds. The van der Waals surface area contributed by atoms with Gasteiger partial charge in [0.15, 0.2) is 11.5 Å². The van der Waals surface area contributed by atoms with Crippen LogP contribution in [0.15, 0.2) is 12.1 Å². The molecule has 2 nitrogen and oxygen atoms in total. The lowest BCUT2D eigenvalue weighted by Gasteiger charge is -2.13. The molecule has 6 heteroatoms. The van der Waals surface area contributed by atoms with E-state index in [9.17, 15) is 8.78 Å². The maximum absolute atomic E-state index is 12.1. The van der Waals surface area contributed by atoms with Gasteiger partial charge >= 0.3 is 6.61 Å². The second kappa shape index (κ2) is 5.37. The molecule has 0 aliphatic carbocycles. The van der Waals surface area contributed by atoms with Crippen molar-refractivity contribution in [2.45, 2.75) is 12.5 Å². The van der Waals surface area contributed by atoms with Crippen LogP contribution in [-0.4, -0.2) is 13.7 Å². The van der Waals surface area contributed by atoms with Crippen LogP contribution in [0.2, 0.25) is 5.02 Å². The normalized spacial score (nSPS) is 10.5. The van der Waals surface area contributed by atoms with Crippen molar-refractivity contribution in [3.63, 3.8) is 0 Å².